The van der Waals surface area contributed by atoms with Crippen LogP contribution in [0, 0.1) is 0 Å². The van der Waals surface area contributed by atoms with Crippen LogP contribution in [-0.2, 0) is 16.0 Å². The molecule has 2 unspecified atom stereocenters. The molecule has 1 aromatic heterocycles. The second kappa shape index (κ2) is 6.88. The minimum Gasteiger partial charge on any atom is -0.343 e. The van der Waals surface area contributed by atoms with Crippen molar-refractivity contribution >= 4 is 23.2 Å². The fraction of sp³-hybridized carbons (Fsp3) is 0.600. The zero-order chi connectivity index (χ0) is 14.5. The molecule has 2 amide bonds. The van der Waals surface area contributed by atoms with E-state index in [9.17, 15) is 9.59 Å². The highest BCUT2D eigenvalue weighted by atomic mass is 32.1. The van der Waals surface area contributed by atoms with E-state index in [1.807, 2.05) is 25.3 Å². The predicted molar refractivity (Wildman–Crippen MR) is 80.7 cm³/mol. The molecule has 0 radical (unpaired) electrons. The molecule has 1 aliphatic rings. The van der Waals surface area contributed by atoms with Gasteiger partial charge in [-0.15, -0.1) is 11.3 Å². The lowest BCUT2D eigenvalue weighted by atomic mass is 10.0. The quantitative estimate of drug-likeness (QED) is 0.874. The number of nitrogens with zero attached hydrogens (tertiary/aromatic N) is 1. The first kappa shape index (κ1) is 15.0. The van der Waals surface area contributed by atoms with E-state index in [4.69, 9.17) is 0 Å². The second-order valence-corrected chi connectivity index (χ2v) is 6.17. The van der Waals surface area contributed by atoms with Gasteiger partial charge in [0, 0.05) is 11.4 Å². The molecule has 0 spiro atoms. The standard InChI is InChI=1S/C15H22N2O2S/c1-3-6-13-14(18)16-12(4-2)15(19)17(13)9-8-11-7-5-10-20-11/h5,7,10,12-13H,3-4,6,8-9H2,1-2H3,(H,16,18). The maximum absolute atomic E-state index is 12.5. The van der Waals surface area contributed by atoms with Crippen LogP contribution in [0.4, 0.5) is 0 Å². The maximum atomic E-state index is 12.5. The van der Waals surface area contributed by atoms with Gasteiger partial charge in [-0.1, -0.05) is 26.3 Å². The Kier molecular flexibility index (Phi) is 5.17. The molecule has 0 aromatic carbocycles. The Balaban J connectivity index is 2.09. The molecule has 2 atom stereocenters. The zero-order valence-corrected chi connectivity index (χ0v) is 12.9. The van der Waals surface area contributed by atoms with Gasteiger partial charge in [-0.3, -0.25) is 9.59 Å². The van der Waals surface area contributed by atoms with Gasteiger partial charge < -0.3 is 10.2 Å². The van der Waals surface area contributed by atoms with E-state index in [2.05, 4.69) is 11.4 Å². The van der Waals surface area contributed by atoms with Crippen molar-refractivity contribution in [3.63, 3.8) is 0 Å². The van der Waals surface area contributed by atoms with Crippen LogP contribution in [0.1, 0.15) is 38.0 Å². The predicted octanol–water partition coefficient (Wildman–Crippen LogP) is 2.20. The monoisotopic (exact) mass is 294 g/mol. The summed E-state index contributed by atoms with van der Waals surface area (Å²) in [4.78, 5) is 27.7. The lowest BCUT2D eigenvalue weighted by molar-refractivity contribution is -0.149. The topological polar surface area (TPSA) is 49.4 Å². The Labute approximate surface area is 124 Å². The average molecular weight is 294 g/mol. The molecule has 5 heteroatoms. The molecule has 20 heavy (non-hydrogen) atoms. The summed E-state index contributed by atoms with van der Waals surface area (Å²) in [6.45, 7) is 4.61. The Hall–Kier alpha value is -1.36. The normalized spacial score (nSPS) is 23.0. The highest BCUT2D eigenvalue weighted by molar-refractivity contribution is 7.09. The number of thiophene rings is 1. The summed E-state index contributed by atoms with van der Waals surface area (Å²) in [6.07, 6.45) is 3.11. The van der Waals surface area contributed by atoms with Crippen molar-refractivity contribution in [3.8, 4) is 0 Å². The van der Waals surface area contributed by atoms with E-state index in [0.29, 0.717) is 13.0 Å². The van der Waals surface area contributed by atoms with Gasteiger partial charge in [-0.25, -0.2) is 0 Å². The lowest BCUT2D eigenvalue weighted by Crippen LogP contribution is -2.63. The summed E-state index contributed by atoms with van der Waals surface area (Å²) in [5.41, 5.74) is 0. The van der Waals surface area contributed by atoms with Gasteiger partial charge in [-0.2, -0.15) is 0 Å². The van der Waals surface area contributed by atoms with Crippen LogP contribution >= 0.6 is 11.3 Å². The molecule has 1 saturated heterocycles. The van der Waals surface area contributed by atoms with Crippen molar-refractivity contribution in [2.45, 2.75) is 51.6 Å². The highest BCUT2D eigenvalue weighted by Gasteiger charge is 2.38. The molecule has 0 aliphatic carbocycles. The summed E-state index contributed by atoms with van der Waals surface area (Å²) in [7, 11) is 0. The Morgan fingerprint density at radius 3 is 2.75 bits per heavy atom. The van der Waals surface area contributed by atoms with Crippen LogP contribution in [0.15, 0.2) is 17.5 Å². The number of rotatable bonds is 6. The maximum Gasteiger partial charge on any atom is 0.245 e. The van der Waals surface area contributed by atoms with E-state index in [0.717, 1.165) is 19.3 Å². The molecule has 0 bridgehead atoms. The molecule has 2 rings (SSSR count). The first-order valence-electron chi connectivity index (χ1n) is 7.30. The summed E-state index contributed by atoms with van der Waals surface area (Å²) in [6, 6.07) is 3.45. The van der Waals surface area contributed by atoms with Crippen molar-refractivity contribution in [1.82, 2.24) is 10.2 Å². The molecule has 1 N–H and O–H groups in total. The van der Waals surface area contributed by atoms with Crippen LogP contribution in [-0.4, -0.2) is 35.3 Å². The third-order valence-electron chi connectivity index (χ3n) is 3.73. The molecule has 1 aromatic rings. The molecule has 0 saturated carbocycles. The van der Waals surface area contributed by atoms with Crippen LogP contribution in [0.3, 0.4) is 0 Å². The Morgan fingerprint density at radius 2 is 2.15 bits per heavy atom. The van der Waals surface area contributed by atoms with Crippen molar-refractivity contribution in [2.24, 2.45) is 0 Å². The number of amides is 2. The van der Waals surface area contributed by atoms with Gasteiger partial charge in [0.1, 0.15) is 12.1 Å². The van der Waals surface area contributed by atoms with Crippen LogP contribution < -0.4 is 5.32 Å². The van der Waals surface area contributed by atoms with Crippen LogP contribution in [0.25, 0.3) is 0 Å². The Bertz CT molecular complexity index is 458. The number of hydrogen-bond donors (Lipinski definition) is 1. The van der Waals surface area contributed by atoms with E-state index in [1.165, 1.54) is 4.88 Å². The van der Waals surface area contributed by atoms with Gasteiger partial charge in [0.05, 0.1) is 0 Å². The first-order valence-corrected chi connectivity index (χ1v) is 8.18. The second-order valence-electron chi connectivity index (χ2n) is 5.13. The molecular weight excluding hydrogens is 272 g/mol. The van der Waals surface area contributed by atoms with Crippen molar-refractivity contribution in [2.75, 3.05) is 6.54 Å². The van der Waals surface area contributed by atoms with Crippen molar-refractivity contribution < 1.29 is 9.59 Å². The van der Waals surface area contributed by atoms with E-state index in [-0.39, 0.29) is 23.9 Å². The van der Waals surface area contributed by atoms with Crippen molar-refractivity contribution in [3.05, 3.63) is 22.4 Å². The van der Waals surface area contributed by atoms with E-state index < -0.39 is 0 Å². The molecule has 110 valence electrons. The number of piperazine rings is 1. The van der Waals surface area contributed by atoms with E-state index in [1.54, 1.807) is 16.2 Å². The number of carbonyl (C=O) groups excluding carboxylic acids is 2. The summed E-state index contributed by atoms with van der Waals surface area (Å²) >= 11 is 1.70. The first-order chi connectivity index (χ1) is 9.67. The average Bonchev–Trinajstić information content (AvgIpc) is 2.95. The molecule has 4 nitrogen and oxygen atoms in total. The van der Waals surface area contributed by atoms with Gasteiger partial charge >= 0.3 is 0 Å². The largest absolute Gasteiger partial charge is 0.343 e. The van der Waals surface area contributed by atoms with E-state index >= 15 is 0 Å². The minimum atomic E-state index is -0.348. The summed E-state index contributed by atoms with van der Waals surface area (Å²) < 4.78 is 0. The van der Waals surface area contributed by atoms with Crippen molar-refractivity contribution in [1.29, 1.82) is 0 Å². The summed E-state index contributed by atoms with van der Waals surface area (Å²) in [5, 5.41) is 4.89. The molecule has 1 fully saturated rings. The van der Waals surface area contributed by atoms with Gasteiger partial charge in [0.15, 0.2) is 0 Å². The number of hydrogen-bond acceptors (Lipinski definition) is 3. The zero-order valence-electron chi connectivity index (χ0n) is 12.1. The smallest absolute Gasteiger partial charge is 0.245 e. The number of carbonyl (C=O) groups is 2. The summed E-state index contributed by atoms with van der Waals surface area (Å²) in [5.74, 6) is 0.0755. The van der Waals surface area contributed by atoms with Crippen LogP contribution in [0.2, 0.25) is 0 Å². The molecule has 2 heterocycles. The van der Waals surface area contributed by atoms with Gasteiger partial charge in [0.25, 0.3) is 0 Å². The fourth-order valence-corrected chi connectivity index (χ4v) is 3.31. The Morgan fingerprint density at radius 1 is 1.35 bits per heavy atom. The molecular formula is C15H22N2O2S. The fourth-order valence-electron chi connectivity index (χ4n) is 2.61. The molecule has 1 aliphatic heterocycles. The third-order valence-corrected chi connectivity index (χ3v) is 4.66. The SMILES string of the molecule is CCCC1C(=O)NC(CC)C(=O)N1CCc1cccs1. The minimum absolute atomic E-state index is 0.00415. The van der Waals surface area contributed by atoms with Crippen LogP contribution in [0.5, 0.6) is 0 Å². The van der Waals surface area contributed by atoms with Gasteiger partial charge in [-0.05, 0) is 30.7 Å². The highest BCUT2D eigenvalue weighted by Crippen LogP contribution is 2.18. The lowest BCUT2D eigenvalue weighted by Gasteiger charge is -2.38. The third kappa shape index (κ3) is 3.20. The van der Waals surface area contributed by atoms with Gasteiger partial charge in [0.2, 0.25) is 11.8 Å². The number of nitrogens with one attached hydrogen (secondary N) is 1.